The molecule has 8 nitrogen and oxygen atoms in total. The molecule has 1 fully saturated rings. The van der Waals surface area contributed by atoms with Gasteiger partial charge >= 0.3 is 6.03 Å². The van der Waals surface area contributed by atoms with Crippen molar-refractivity contribution in [1.29, 1.82) is 0 Å². The number of carbonyl (C=O) groups excluding carboxylic acids is 4. The molecule has 8 heteroatoms. The number of amides is 5. The lowest BCUT2D eigenvalue weighted by atomic mass is 10.0. The van der Waals surface area contributed by atoms with Gasteiger partial charge in [0.2, 0.25) is 17.7 Å². The normalized spacial score (nSPS) is 15.7. The van der Waals surface area contributed by atoms with Crippen molar-refractivity contribution in [2.24, 2.45) is 5.92 Å². The molecule has 0 unspecified atom stereocenters. The molecule has 5 amide bonds. The highest BCUT2D eigenvalue weighted by molar-refractivity contribution is 6.18. The molecule has 0 atom stereocenters. The first-order valence-electron chi connectivity index (χ1n) is 6.87. The summed E-state index contributed by atoms with van der Waals surface area (Å²) in [6.07, 6.45) is 1.58. The van der Waals surface area contributed by atoms with Gasteiger partial charge in [-0.3, -0.25) is 25.0 Å². The number of urea groups is 1. The third-order valence-corrected chi connectivity index (χ3v) is 3.11. The SMILES string of the molecule is C/C=C(/Nc1ccc(NC(C)=O)cc1)C1C(=O)NC(=O)NC1=O. The minimum atomic E-state index is -1.13. The van der Waals surface area contributed by atoms with Crippen molar-refractivity contribution in [1.82, 2.24) is 10.6 Å². The van der Waals surface area contributed by atoms with Crippen LogP contribution in [0.2, 0.25) is 0 Å². The van der Waals surface area contributed by atoms with E-state index in [1.165, 1.54) is 6.92 Å². The summed E-state index contributed by atoms with van der Waals surface area (Å²) in [7, 11) is 0. The second kappa shape index (κ2) is 6.73. The Kier molecular flexibility index (Phi) is 4.75. The third-order valence-electron chi connectivity index (χ3n) is 3.11. The third kappa shape index (κ3) is 3.94. The molecular weight excluding hydrogens is 300 g/mol. The predicted octanol–water partition coefficient (Wildman–Crippen LogP) is 0.943. The first-order valence-corrected chi connectivity index (χ1v) is 6.87. The number of rotatable bonds is 4. The van der Waals surface area contributed by atoms with Gasteiger partial charge in [0.1, 0.15) is 0 Å². The first-order chi connectivity index (χ1) is 10.9. The number of hydrogen-bond acceptors (Lipinski definition) is 5. The number of nitrogens with one attached hydrogen (secondary N) is 4. The van der Waals surface area contributed by atoms with E-state index in [1.807, 2.05) is 0 Å². The van der Waals surface area contributed by atoms with Crippen LogP contribution in [0.5, 0.6) is 0 Å². The lowest BCUT2D eigenvalue weighted by Gasteiger charge is -2.23. The molecule has 2 rings (SSSR count). The Bertz CT molecular complexity index is 674. The Labute approximate surface area is 132 Å². The predicted molar refractivity (Wildman–Crippen MR) is 83.3 cm³/mol. The van der Waals surface area contributed by atoms with Crippen LogP contribution in [-0.4, -0.2) is 23.8 Å². The molecule has 1 aliphatic heterocycles. The average Bonchev–Trinajstić information content (AvgIpc) is 2.46. The van der Waals surface area contributed by atoms with Gasteiger partial charge in [0, 0.05) is 24.0 Å². The van der Waals surface area contributed by atoms with Crippen LogP contribution in [0.1, 0.15) is 13.8 Å². The van der Waals surface area contributed by atoms with Gasteiger partial charge in [-0.15, -0.1) is 0 Å². The average molecular weight is 316 g/mol. The van der Waals surface area contributed by atoms with Crippen molar-refractivity contribution in [3.63, 3.8) is 0 Å². The molecule has 0 aliphatic carbocycles. The molecule has 1 aromatic rings. The van der Waals surface area contributed by atoms with Crippen LogP contribution in [0.25, 0.3) is 0 Å². The van der Waals surface area contributed by atoms with E-state index in [2.05, 4.69) is 21.3 Å². The van der Waals surface area contributed by atoms with Gasteiger partial charge in [0.25, 0.3) is 0 Å². The van der Waals surface area contributed by atoms with Gasteiger partial charge in [-0.25, -0.2) is 4.79 Å². The van der Waals surface area contributed by atoms with E-state index in [4.69, 9.17) is 0 Å². The summed E-state index contributed by atoms with van der Waals surface area (Å²) in [6.45, 7) is 3.08. The van der Waals surface area contributed by atoms with Crippen LogP contribution in [0.4, 0.5) is 16.2 Å². The Morgan fingerprint density at radius 3 is 1.91 bits per heavy atom. The summed E-state index contributed by atoms with van der Waals surface area (Å²) in [5.41, 5.74) is 1.60. The number of carbonyl (C=O) groups is 4. The largest absolute Gasteiger partial charge is 0.358 e. The smallest absolute Gasteiger partial charge is 0.328 e. The quantitative estimate of drug-likeness (QED) is 0.617. The molecule has 1 aromatic carbocycles. The molecule has 0 radical (unpaired) electrons. The maximum atomic E-state index is 11.9. The maximum absolute atomic E-state index is 11.9. The van der Waals surface area contributed by atoms with Gasteiger partial charge < -0.3 is 10.6 Å². The van der Waals surface area contributed by atoms with Gasteiger partial charge in [-0.2, -0.15) is 0 Å². The van der Waals surface area contributed by atoms with Crippen molar-refractivity contribution in [2.45, 2.75) is 13.8 Å². The molecule has 1 heterocycles. The lowest BCUT2D eigenvalue weighted by molar-refractivity contribution is -0.134. The van der Waals surface area contributed by atoms with E-state index < -0.39 is 23.8 Å². The summed E-state index contributed by atoms with van der Waals surface area (Å²) >= 11 is 0. The summed E-state index contributed by atoms with van der Waals surface area (Å²) in [4.78, 5) is 45.8. The van der Waals surface area contributed by atoms with E-state index in [0.29, 0.717) is 17.1 Å². The highest BCUT2D eigenvalue weighted by Gasteiger charge is 2.36. The monoisotopic (exact) mass is 316 g/mol. The minimum Gasteiger partial charge on any atom is -0.358 e. The maximum Gasteiger partial charge on any atom is 0.328 e. The standard InChI is InChI=1S/C15H16N4O4/c1-3-11(12-13(21)18-15(23)19-14(12)22)17-10-6-4-9(5-7-10)16-8(2)20/h3-7,12,17H,1-2H3,(H,16,20)(H2,18,19,21,22,23)/b11-3+. The van der Waals surface area contributed by atoms with E-state index in [9.17, 15) is 19.2 Å². The second-order valence-corrected chi connectivity index (χ2v) is 4.87. The Morgan fingerprint density at radius 2 is 1.48 bits per heavy atom. The van der Waals surface area contributed by atoms with Crippen LogP contribution in [0.3, 0.4) is 0 Å². The molecule has 0 saturated carbocycles. The summed E-state index contributed by atoms with van der Waals surface area (Å²) in [5, 5.41) is 9.71. The number of imide groups is 2. The van der Waals surface area contributed by atoms with Crippen LogP contribution >= 0.6 is 0 Å². The van der Waals surface area contributed by atoms with E-state index >= 15 is 0 Å². The number of anilines is 2. The molecule has 0 spiro atoms. The topological polar surface area (TPSA) is 116 Å². The van der Waals surface area contributed by atoms with Crippen molar-refractivity contribution < 1.29 is 19.2 Å². The summed E-state index contributed by atoms with van der Waals surface area (Å²) in [6, 6.07) is 5.92. The van der Waals surface area contributed by atoms with Crippen molar-refractivity contribution in [3.8, 4) is 0 Å². The molecule has 120 valence electrons. The molecule has 0 aromatic heterocycles. The fraction of sp³-hybridized carbons (Fsp3) is 0.200. The lowest BCUT2D eigenvalue weighted by Crippen LogP contribution is -2.56. The zero-order valence-corrected chi connectivity index (χ0v) is 12.6. The van der Waals surface area contributed by atoms with Gasteiger partial charge in [-0.05, 0) is 31.2 Å². The molecule has 1 aliphatic rings. The van der Waals surface area contributed by atoms with Crippen LogP contribution < -0.4 is 21.3 Å². The Morgan fingerprint density at radius 1 is 1.00 bits per heavy atom. The van der Waals surface area contributed by atoms with E-state index in [1.54, 1.807) is 37.3 Å². The van der Waals surface area contributed by atoms with Gasteiger partial charge in [-0.1, -0.05) is 6.08 Å². The van der Waals surface area contributed by atoms with E-state index in [-0.39, 0.29) is 5.91 Å². The van der Waals surface area contributed by atoms with Crippen molar-refractivity contribution >= 4 is 35.1 Å². The number of hydrogen-bond donors (Lipinski definition) is 4. The Balaban J connectivity index is 2.13. The first kappa shape index (κ1) is 16.2. The molecular formula is C15H16N4O4. The summed E-state index contributed by atoms with van der Waals surface area (Å²) < 4.78 is 0. The van der Waals surface area contributed by atoms with Crippen LogP contribution in [0, 0.1) is 5.92 Å². The molecule has 0 bridgehead atoms. The van der Waals surface area contributed by atoms with Gasteiger partial charge in [0.15, 0.2) is 5.92 Å². The van der Waals surface area contributed by atoms with Crippen molar-refractivity contribution in [2.75, 3.05) is 10.6 Å². The number of benzene rings is 1. The number of allylic oxidation sites excluding steroid dienone is 1. The Hall–Kier alpha value is -3.16. The van der Waals surface area contributed by atoms with Crippen LogP contribution in [-0.2, 0) is 14.4 Å². The molecule has 23 heavy (non-hydrogen) atoms. The van der Waals surface area contributed by atoms with Crippen molar-refractivity contribution in [3.05, 3.63) is 36.0 Å². The fourth-order valence-corrected chi connectivity index (χ4v) is 2.12. The second-order valence-electron chi connectivity index (χ2n) is 4.87. The van der Waals surface area contributed by atoms with Gasteiger partial charge in [0.05, 0.1) is 0 Å². The summed E-state index contributed by atoms with van der Waals surface area (Å²) in [5.74, 6) is -2.68. The number of barbiturate groups is 1. The highest BCUT2D eigenvalue weighted by Crippen LogP contribution is 2.20. The highest BCUT2D eigenvalue weighted by atomic mass is 16.2. The molecule has 1 saturated heterocycles. The van der Waals surface area contributed by atoms with E-state index in [0.717, 1.165) is 0 Å². The fourth-order valence-electron chi connectivity index (χ4n) is 2.12. The zero-order chi connectivity index (χ0) is 17.0. The van der Waals surface area contributed by atoms with Crippen LogP contribution in [0.15, 0.2) is 36.0 Å². The zero-order valence-electron chi connectivity index (χ0n) is 12.6. The minimum absolute atomic E-state index is 0.180. The molecule has 4 N–H and O–H groups in total.